The summed E-state index contributed by atoms with van der Waals surface area (Å²) in [4.78, 5) is 42.4. The number of aliphatic hydroxyl groups is 1. The van der Waals surface area contributed by atoms with Crippen LogP contribution in [-0.4, -0.2) is 101 Å². The minimum Gasteiger partial charge on any atom is -0.463 e. The average molecular weight is 678 g/mol. The molecule has 1 unspecified atom stereocenters. The van der Waals surface area contributed by atoms with Crippen molar-refractivity contribution >= 4 is 29.1 Å². The van der Waals surface area contributed by atoms with E-state index < -0.39 is 59.9 Å². The summed E-state index contributed by atoms with van der Waals surface area (Å²) in [6.45, 7) is 8.30. The lowest BCUT2D eigenvalue weighted by Gasteiger charge is -2.33. The van der Waals surface area contributed by atoms with Gasteiger partial charge in [-0.3, -0.25) is 19.5 Å². The van der Waals surface area contributed by atoms with Crippen molar-refractivity contribution in [3.8, 4) is 0 Å². The van der Waals surface area contributed by atoms with Crippen molar-refractivity contribution in [2.75, 3.05) is 39.5 Å². The molecule has 1 aromatic carbocycles. The molecular weight excluding hydrogens is 639 g/mol. The van der Waals surface area contributed by atoms with Crippen molar-refractivity contribution in [2.24, 2.45) is 10.4 Å². The van der Waals surface area contributed by atoms with Crippen molar-refractivity contribution in [1.29, 1.82) is 0 Å². The number of thiazole rings is 1. The first kappa shape index (κ1) is 34.7. The van der Waals surface area contributed by atoms with Gasteiger partial charge in [0.05, 0.1) is 49.4 Å². The van der Waals surface area contributed by atoms with Crippen LogP contribution in [0.25, 0.3) is 0 Å². The maximum Gasteiger partial charge on any atom is 0.338 e. The molecule has 2 saturated heterocycles. The molecule has 0 aliphatic carbocycles. The molecule has 11 nitrogen and oxygen atoms in total. The fourth-order valence-electron chi connectivity index (χ4n) is 5.98. The first-order chi connectivity index (χ1) is 22.3. The number of carbonyl (C=O) groups is 2. The number of nitrogens with zero attached hydrogens (tertiary/aromatic N) is 4. The van der Waals surface area contributed by atoms with Gasteiger partial charge in [0.15, 0.2) is 10.8 Å². The number of carbonyl (C=O) groups excluding carboxylic acids is 2. The van der Waals surface area contributed by atoms with Gasteiger partial charge in [0.2, 0.25) is 0 Å². The quantitative estimate of drug-likeness (QED) is 0.255. The Labute approximate surface area is 274 Å². The Morgan fingerprint density at radius 3 is 2.79 bits per heavy atom. The van der Waals surface area contributed by atoms with Crippen molar-refractivity contribution in [2.45, 2.75) is 57.8 Å². The zero-order chi connectivity index (χ0) is 34.1. The van der Waals surface area contributed by atoms with Crippen molar-refractivity contribution in [1.82, 2.24) is 20.3 Å². The van der Waals surface area contributed by atoms with E-state index in [0.717, 1.165) is 5.06 Å². The molecule has 5 rings (SSSR count). The molecule has 254 valence electrons. The summed E-state index contributed by atoms with van der Waals surface area (Å²) in [6, 6.07) is 1.18. The molecule has 3 aliphatic rings. The van der Waals surface area contributed by atoms with Gasteiger partial charge in [-0.1, -0.05) is 24.8 Å². The number of benzene rings is 1. The van der Waals surface area contributed by atoms with Gasteiger partial charge in [0.1, 0.15) is 24.5 Å². The number of likely N-dealkylation sites (tertiary alicyclic amines) is 1. The van der Waals surface area contributed by atoms with Crippen LogP contribution in [0.1, 0.15) is 42.9 Å². The second kappa shape index (κ2) is 13.8. The number of hydrogen-bond acceptors (Lipinski definition) is 12. The van der Waals surface area contributed by atoms with Gasteiger partial charge in [0, 0.05) is 23.8 Å². The molecule has 2 aromatic rings. The Hall–Kier alpha value is -3.63. The zero-order valence-corrected chi connectivity index (χ0v) is 27.4. The van der Waals surface area contributed by atoms with Crippen LogP contribution in [0.5, 0.6) is 0 Å². The highest BCUT2D eigenvalue weighted by molar-refractivity contribution is 7.11. The number of hydroxylamine groups is 2. The van der Waals surface area contributed by atoms with Crippen LogP contribution in [0.3, 0.4) is 0 Å². The minimum atomic E-state index is -3.29. The third kappa shape index (κ3) is 6.85. The highest BCUT2D eigenvalue weighted by Crippen LogP contribution is 2.42. The van der Waals surface area contributed by atoms with Gasteiger partial charge in [-0.05, 0) is 44.9 Å². The molecular formula is C32H38F3N5O6S. The van der Waals surface area contributed by atoms with Crippen LogP contribution in [0.2, 0.25) is 0 Å². The first-order valence-electron chi connectivity index (χ1n) is 15.2. The van der Waals surface area contributed by atoms with E-state index in [1.165, 1.54) is 48.3 Å². The lowest BCUT2D eigenvalue weighted by Crippen LogP contribution is -2.51. The maximum absolute atomic E-state index is 15.8. The van der Waals surface area contributed by atoms with Crippen LogP contribution in [0.4, 0.5) is 13.2 Å². The number of esters is 2. The molecule has 1 aromatic heterocycles. The number of aliphatic hydroxyl groups excluding tert-OH is 1. The Morgan fingerprint density at radius 2 is 2.11 bits per heavy atom. The van der Waals surface area contributed by atoms with E-state index in [4.69, 9.17) is 19.3 Å². The number of nitrogens with one attached hydrogen (secondary N) is 1. The summed E-state index contributed by atoms with van der Waals surface area (Å²) < 4.78 is 56.9. The fraction of sp³-hybridized carbons (Fsp3) is 0.500. The lowest BCUT2D eigenvalue weighted by atomic mass is 9.86. The summed E-state index contributed by atoms with van der Waals surface area (Å²) in [5.41, 5.74) is -0.384. The largest absolute Gasteiger partial charge is 0.463 e. The Balaban J connectivity index is 1.47. The number of β-amino-alcohol motifs (C(OH)–C–C–N with tert-alkyl or cyclic N) is 1. The topological polar surface area (TPSA) is 126 Å². The van der Waals surface area contributed by atoms with Crippen LogP contribution in [-0.2, 0) is 23.9 Å². The first-order valence-corrected chi connectivity index (χ1v) is 16.1. The summed E-state index contributed by atoms with van der Waals surface area (Å²) in [7, 11) is 0. The fourth-order valence-corrected chi connectivity index (χ4v) is 6.56. The normalized spacial score (nSPS) is 23.6. The average Bonchev–Trinajstić information content (AvgIpc) is 3.76. The van der Waals surface area contributed by atoms with Crippen molar-refractivity contribution in [3.63, 3.8) is 0 Å². The summed E-state index contributed by atoms with van der Waals surface area (Å²) >= 11 is 1.29. The lowest BCUT2D eigenvalue weighted by molar-refractivity contribution is -0.203. The third-order valence-corrected chi connectivity index (χ3v) is 9.45. The number of alkyl halides is 2. The van der Waals surface area contributed by atoms with Gasteiger partial charge in [-0.15, -0.1) is 11.3 Å². The van der Waals surface area contributed by atoms with Gasteiger partial charge in [0.25, 0.3) is 5.92 Å². The Kier molecular flexibility index (Phi) is 10.2. The molecule has 47 heavy (non-hydrogen) atoms. The molecule has 0 saturated carbocycles. The number of fused-ring (bicyclic) bond motifs is 1. The molecule has 0 spiro atoms. The van der Waals surface area contributed by atoms with Gasteiger partial charge in [-0.25, -0.2) is 22.9 Å². The van der Waals surface area contributed by atoms with E-state index in [-0.39, 0.29) is 49.7 Å². The molecule has 0 amide bonds. The van der Waals surface area contributed by atoms with E-state index in [2.05, 4.69) is 16.9 Å². The number of amidine groups is 1. The van der Waals surface area contributed by atoms with Gasteiger partial charge < -0.3 is 19.9 Å². The van der Waals surface area contributed by atoms with Crippen LogP contribution in [0, 0.1) is 18.2 Å². The number of halogens is 3. The smallest absolute Gasteiger partial charge is 0.338 e. The molecule has 0 bridgehead atoms. The summed E-state index contributed by atoms with van der Waals surface area (Å²) in [5, 5.41) is 17.4. The van der Waals surface area contributed by atoms with Crippen LogP contribution < -0.4 is 5.32 Å². The molecule has 2 N–H and O–H groups in total. The number of hydrogen-bond donors (Lipinski definition) is 2. The summed E-state index contributed by atoms with van der Waals surface area (Å²) in [6.07, 6.45) is 1.58. The highest BCUT2D eigenvalue weighted by atomic mass is 32.1. The maximum atomic E-state index is 15.8. The van der Waals surface area contributed by atoms with E-state index in [1.807, 2.05) is 0 Å². The molecule has 3 aliphatic heterocycles. The molecule has 2 fully saturated rings. The van der Waals surface area contributed by atoms with E-state index >= 15 is 8.78 Å². The minimum absolute atomic E-state index is 0.0443. The Bertz CT molecular complexity index is 1570. The SMILES string of the molecule is C=CCOC(=O)C(C)(C)C(O)CN1OC[C@@H]2[C@H]1C(F)(F)CN2CC1=C(C(=O)OCC)[C@H](c2cccc(F)c2C)N=C(c2nccs2)N1. The predicted octanol–water partition coefficient (Wildman–Crippen LogP) is 3.55. The summed E-state index contributed by atoms with van der Waals surface area (Å²) in [5.74, 6) is -4.90. The monoisotopic (exact) mass is 677 g/mol. The van der Waals surface area contributed by atoms with Gasteiger partial charge in [-0.2, -0.15) is 5.06 Å². The number of aliphatic imine (C=N–C) groups is 1. The van der Waals surface area contributed by atoms with E-state index in [9.17, 15) is 19.1 Å². The molecule has 0 radical (unpaired) electrons. The zero-order valence-electron chi connectivity index (χ0n) is 26.5. The van der Waals surface area contributed by atoms with E-state index in [1.54, 1.807) is 31.5 Å². The number of rotatable bonds is 12. The van der Waals surface area contributed by atoms with Crippen molar-refractivity contribution in [3.05, 3.63) is 75.7 Å². The Morgan fingerprint density at radius 1 is 1.34 bits per heavy atom. The predicted molar refractivity (Wildman–Crippen MR) is 167 cm³/mol. The van der Waals surface area contributed by atoms with Crippen molar-refractivity contribution < 1.29 is 42.2 Å². The third-order valence-electron chi connectivity index (χ3n) is 8.67. The molecule has 4 atom stereocenters. The van der Waals surface area contributed by atoms with Gasteiger partial charge >= 0.3 is 11.9 Å². The number of ether oxygens (including phenoxy) is 2. The number of aromatic nitrogens is 1. The van der Waals surface area contributed by atoms with Crippen LogP contribution in [0.15, 0.2) is 58.7 Å². The standard InChI is InChI=1S/C32H38F3N5O6S/c1-6-12-45-30(43)31(4,5)23(41)15-40-26-22(16-46-40)39(17-32(26,34)35)14-21-24(29(42)44-7-2)25(19-9-8-10-20(33)18(19)3)38-27(37-21)28-36-11-13-47-28/h6,8-11,13,22-23,25-26,41H,1,7,12,14-17H2,2-5H3,(H,37,38)/t22-,23?,25+,26+/m1/s1. The van der Waals surface area contributed by atoms with E-state index in [0.29, 0.717) is 16.4 Å². The molecule has 15 heteroatoms. The second-order valence-electron chi connectivity index (χ2n) is 12.1. The second-order valence-corrected chi connectivity index (χ2v) is 13.0. The van der Waals surface area contributed by atoms with Crippen LogP contribution >= 0.6 is 11.3 Å². The molecule has 4 heterocycles. The highest BCUT2D eigenvalue weighted by Gasteiger charge is 2.61.